The Balaban J connectivity index is 2.88. The van der Waals surface area contributed by atoms with Crippen molar-refractivity contribution in [2.45, 2.75) is 0 Å². The summed E-state index contributed by atoms with van der Waals surface area (Å²) in [6.45, 7) is 0. The molecule has 0 saturated heterocycles. The molecule has 2 rings (SSSR count). The highest BCUT2D eigenvalue weighted by molar-refractivity contribution is 14.1. The minimum absolute atomic E-state index is 0.801. The van der Waals surface area contributed by atoms with E-state index in [0.29, 0.717) is 0 Å². The molecule has 0 aliphatic rings. The summed E-state index contributed by atoms with van der Waals surface area (Å²) < 4.78 is 7.59. The lowest BCUT2D eigenvalue weighted by Crippen LogP contribution is -1.89. The van der Waals surface area contributed by atoms with Crippen LogP contribution in [0.25, 0.3) is 10.1 Å². The molecule has 0 unspecified atom stereocenters. The van der Waals surface area contributed by atoms with Gasteiger partial charge in [0.2, 0.25) is 0 Å². The summed E-state index contributed by atoms with van der Waals surface area (Å²) in [5.74, 6) is 0.886. The molecule has 0 aliphatic heterocycles. The largest absolute Gasteiger partial charge is 0.495 e. The highest BCUT2D eigenvalue weighted by atomic mass is 127. The molecule has 2 N–H and O–H groups in total. The topological polar surface area (TPSA) is 35.2 Å². The van der Waals surface area contributed by atoms with Gasteiger partial charge in [-0.15, -0.1) is 11.3 Å². The van der Waals surface area contributed by atoms with Gasteiger partial charge in [0, 0.05) is 10.1 Å². The SMILES string of the molecule is COc1c(I)ccc2scc(N)c12. The summed E-state index contributed by atoms with van der Waals surface area (Å²) in [6, 6.07) is 4.11. The summed E-state index contributed by atoms with van der Waals surface area (Å²) >= 11 is 3.89. The number of ether oxygens (including phenoxy) is 1. The van der Waals surface area contributed by atoms with Crippen molar-refractivity contribution in [1.82, 2.24) is 0 Å². The van der Waals surface area contributed by atoms with Crippen LogP contribution in [0.4, 0.5) is 5.69 Å². The first-order chi connectivity index (χ1) is 6.24. The molecule has 0 amide bonds. The first kappa shape index (κ1) is 9.08. The lowest BCUT2D eigenvalue weighted by Gasteiger charge is -2.04. The molecule has 0 radical (unpaired) electrons. The highest BCUT2D eigenvalue weighted by Crippen LogP contribution is 2.38. The zero-order valence-corrected chi connectivity index (χ0v) is 9.98. The van der Waals surface area contributed by atoms with Crippen LogP contribution in [0.2, 0.25) is 0 Å². The highest BCUT2D eigenvalue weighted by Gasteiger charge is 2.10. The molecule has 0 atom stereocenters. The van der Waals surface area contributed by atoms with Gasteiger partial charge in [-0.25, -0.2) is 0 Å². The Morgan fingerprint density at radius 1 is 1.46 bits per heavy atom. The van der Waals surface area contributed by atoms with Crippen LogP contribution < -0.4 is 10.5 Å². The Hall–Kier alpha value is -0.490. The Bertz CT molecular complexity index is 452. The van der Waals surface area contributed by atoms with E-state index in [1.807, 2.05) is 11.4 Å². The van der Waals surface area contributed by atoms with Crippen LogP contribution >= 0.6 is 33.9 Å². The predicted octanol–water partition coefficient (Wildman–Crippen LogP) is 3.10. The second-order valence-corrected chi connectivity index (χ2v) is 4.72. The Morgan fingerprint density at radius 2 is 2.23 bits per heavy atom. The fraction of sp³-hybridized carbons (Fsp3) is 0.111. The maximum absolute atomic E-state index is 5.85. The number of fused-ring (bicyclic) bond motifs is 1. The number of rotatable bonds is 1. The van der Waals surface area contributed by atoms with Crippen molar-refractivity contribution in [3.63, 3.8) is 0 Å². The van der Waals surface area contributed by atoms with Crippen molar-refractivity contribution in [1.29, 1.82) is 0 Å². The van der Waals surface area contributed by atoms with Gasteiger partial charge in [-0.1, -0.05) is 0 Å². The maximum atomic E-state index is 5.85. The molecule has 68 valence electrons. The molecule has 2 nitrogen and oxygen atoms in total. The number of hydrogen-bond acceptors (Lipinski definition) is 3. The van der Waals surface area contributed by atoms with Gasteiger partial charge in [-0.05, 0) is 34.7 Å². The first-order valence-electron chi connectivity index (χ1n) is 3.73. The van der Waals surface area contributed by atoms with Gasteiger partial charge in [0.1, 0.15) is 5.75 Å². The third-order valence-electron chi connectivity index (χ3n) is 1.88. The third kappa shape index (κ3) is 1.38. The quantitative estimate of drug-likeness (QED) is 0.822. The van der Waals surface area contributed by atoms with Crippen LogP contribution in [0.1, 0.15) is 0 Å². The van der Waals surface area contributed by atoms with Crippen molar-refractivity contribution < 1.29 is 4.74 Å². The van der Waals surface area contributed by atoms with Gasteiger partial charge in [0.05, 0.1) is 21.8 Å². The van der Waals surface area contributed by atoms with Gasteiger partial charge in [-0.2, -0.15) is 0 Å². The molecule has 2 aromatic rings. The Labute approximate surface area is 93.8 Å². The fourth-order valence-electron chi connectivity index (χ4n) is 1.30. The smallest absolute Gasteiger partial charge is 0.142 e. The lowest BCUT2D eigenvalue weighted by atomic mass is 10.2. The van der Waals surface area contributed by atoms with Gasteiger partial charge in [-0.3, -0.25) is 0 Å². The molecular formula is C9H8INOS. The van der Waals surface area contributed by atoms with Gasteiger partial charge in [0.25, 0.3) is 0 Å². The van der Waals surface area contributed by atoms with Gasteiger partial charge >= 0.3 is 0 Å². The van der Waals surface area contributed by atoms with E-state index >= 15 is 0 Å². The third-order valence-corrected chi connectivity index (χ3v) is 3.69. The summed E-state index contributed by atoms with van der Waals surface area (Å²) in [4.78, 5) is 0. The molecule has 0 spiro atoms. The van der Waals surface area contributed by atoms with E-state index in [1.165, 1.54) is 4.70 Å². The monoisotopic (exact) mass is 305 g/mol. The van der Waals surface area contributed by atoms with E-state index in [0.717, 1.165) is 20.4 Å². The van der Waals surface area contributed by atoms with Crippen LogP contribution in [0.5, 0.6) is 5.75 Å². The van der Waals surface area contributed by atoms with Crippen molar-refractivity contribution in [3.8, 4) is 5.75 Å². The van der Waals surface area contributed by atoms with E-state index in [2.05, 4.69) is 28.7 Å². The minimum Gasteiger partial charge on any atom is -0.495 e. The normalized spacial score (nSPS) is 10.6. The summed E-state index contributed by atoms with van der Waals surface area (Å²) in [5.41, 5.74) is 6.65. The number of benzene rings is 1. The first-order valence-corrected chi connectivity index (χ1v) is 5.69. The van der Waals surface area contributed by atoms with E-state index in [4.69, 9.17) is 10.5 Å². The van der Waals surface area contributed by atoms with E-state index in [1.54, 1.807) is 18.4 Å². The second-order valence-electron chi connectivity index (χ2n) is 2.64. The van der Waals surface area contributed by atoms with Gasteiger partial charge < -0.3 is 10.5 Å². The summed E-state index contributed by atoms with van der Waals surface area (Å²) in [5, 5.41) is 2.99. The van der Waals surface area contributed by atoms with Crippen LogP contribution in [-0.2, 0) is 0 Å². The Kier molecular flexibility index (Phi) is 2.33. The van der Waals surface area contributed by atoms with Crippen molar-refractivity contribution >= 4 is 49.7 Å². The molecule has 0 fully saturated rings. The van der Waals surface area contributed by atoms with E-state index in [-0.39, 0.29) is 0 Å². The molecule has 1 aromatic heterocycles. The number of thiophene rings is 1. The van der Waals surface area contributed by atoms with Gasteiger partial charge in [0.15, 0.2) is 0 Å². The lowest BCUT2D eigenvalue weighted by molar-refractivity contribution is 0.417. The fourth-order valence-corrected chi connectivity index (χ4v) is 2.81. The predicted molar refractivity (Wildman–Crippen MR) is 65.5 cm³/mol. The van der Waals surface area contributed by atoms with Crippen molar-refractivity contribution in [2.75, 3.05) is 12.8 Å². The summed E-state index contributed by atoms with van der Waals surface area (Å²) in [7, 11) is 1.67. The van der Waals surface area contributed by atoms with Crippen molar-refractivity contribution in [2.24, 2.45) is 0 Å². The minimum atomic E-state index is 0.801. The molecular weight excluding hydrogens is 297 g/mol. The number of halogens is 1. The van der Waals surface area contributed by atoms with E-state index in [9.17, 15) is 0 Å². The number of anilines is 1. The van der Waals surface area contributed by atoms with E-state index < -0.39 is 0 Å². The molecule has 0 bridgehead atoms. The van der Waals surface area contributed by atoms with Crippen LogP contribution in [0.3, 0.4) is 0 Å². The second kappa shape index (κ2) is 3.34. The zero-order chi connectivity index (χ0) is 9.42. The maximum Gasteiger partial charge on any atom is 0.142 e. The van der Waals surface area contributed by atoms with Crippen molar-refractivity contribution in [3.05, 3.63) is 21.1 Å². The number of methoxy groups -OCH3 is 1. The number of nitrogens with two attached hydrogens (primary N) is 1. The van der Waals surface area contributed by atoms with Crippen LogP contribution in [-0.4, -0.2) is 7.11 Å². The Morgan fingerprint density at radius 3 is 2.92 bits per heavy atom. The molecule has 0 aliphatic carbocycles. The average Bonchev–Trinajstić information content (AvgIpc) is 2.49. The summed E-state index contributed by atoms with van der Waals surface area (Å²) in [6.07, 6.45) is 0. The van der Waals surface area contributed by atoms with Crippen LogP contribution in [0.15, 0.2) is 17.5 Å². The average molecular weight is 305 g/mol. The molecule has 1 aromatic carbocycles. The molecule has 4 heteroatoms. The zero-order valence-electron chi connectivity index (χ0n) is 7.00. The molecule has 13 heavy (non-hydrogen) atoms. The number of nitrogen functional groups attached to an aromatic ring is 1. The van der Waals surface area contributed by atoms with Crippen LogP contribution in [0, 0.1) is 3.57 Å². The number of hydrogen-bond donors (Lipinski definition) is 1. The molecule has 1 heterocycles. The molecule has 0 saturated carbocycles. The standard InChI is InChI=1S/C9H8INOS/c1-12-9-5(10)2-3-7-8(9)6(11)4-13-7/h2-4H,11H2,1H3.